The number of halogens is 2. The maximum absolute atomic E-state index is 13.9. The molecule has 2 aromatic carbocycles. The highest BCUT2D eigenvalue weighted by atomic mass is 79.9. The van der Waals surface area contributed by atoms with Crippen LogP contribution in [0.2, 0.25) is 0 Å². The number of anilines is 1. The summed E-state index contributed by atoms with van der Waals surface area (Å²) in [5, 5.41) is 4.55. The molecule has 1 N–H and O–H groups in total. The summed E-state index contributed by atoms with van der Waals surface area (Å²) < 4.78 is 16.0. The summed E-state index contributed by atoms with van der Waals surface area (Å²) in [5.74, 6) is -0.241. The van der Waals surface area contributed by atoms with E-state index in [9.17, 15) is 4.39 Å². The van der Waals surface area contributed by atoms with E-state index in [2.05, 4.69) is 59.4 Å². The molecule has 108 valence electrons. The molecule has 0 saturated carbocycles. The van der Waals surface area contributed by atoms with Crippen LogP contribution in [0.1, 0.15) is 23.4 Å². The quantitative estimate of drug-likeness (QED) is 0.576. The number of hydrogen-bond donors (Lipinski definition) is 1. The fourth-order valence-electron chi connectivity index (χ4n) is 2.51. The van der Waals surface area contributed by atoms with Crippen LogP contribution in [0.5, 0.6) is 0 Å². The van der Waals surface area contributed by atoms with Crippen LogP contribution in [0, 0.1) is 12.7 Å². The molecule has 21 heavy (non-hydrogen) atoms. The van der Waals surface area contributed by atoms with Crippen molar-refractivity contribution >= 4 is 43.0 Å². The van der Waals surface area contributed by atoms with E-state index in [-0.39, 0.29) is 11.9 Å². The highest BCUT2D eigenvalue weighted by Crippen LogP contribution is 2.36. The first-order valence-corrected chi connectivity index (χ1v) is 8.37. The standard InChI is InChI=1S/C17H15BrFNS/c1-10-13-5-3-4-6-16(13)21-17(10)11(2)20-15-8-7-12(18)9-14(15)19/h3-9,11,20H,1-2H3. The predicted octanol–water partition coefficient (Wildman–Crippen LogP) is 6.28. The van der Waals surface area contributed by atoms with Crippen molar-refractivity contribution in [3.8, 4) is 0 Å². The summed E-state index contributed by atoms with van der Waals surface area (Å²) in [6.07, 6.45) is 0. The van der Waals surface area contributed by atoms with E-state index in [1.165, 1.54) is 26.6 Å². The second kappa shape index (κ2) is 5.78. The van der Waals surface area contributed by atoms with Crippen molar-refractivity contribution in [3.63, 3.8) is 0 Å². The topological polar surface area (TPSA) is 12.0 Å². The monoisotopic (exact) mass is 363 g/mol. The average Bonchev–Trinajstić information content (AvgIpc) is 2.80. The number of hydrogen-bond acceptors (Lipinski definition) is 2. The zero-order chi connectivity index (χ0) is 15.0. The first kappa shape index (κ1) is 14.5. The fraction of sp³-hybridized carbons (Fsp3) is 0.176. The number of aryl methyl sites for hydroxylation is 1. The molecule has 4 heteroatoms. The number of nitrogens with one attached hydrogen (secondary N) is 1. The summed E-state index contributed by atoms with van der Waals surface area (Å²) in [4.78, 5) is 1.25. The molecule has 0 spiro atoms. The molecule has 1 heterocycles. The Labute approximate surface area is 135 Å². The lowest BCUT2D eigenvalue weighted by molar-refractivity contribution is 0.627. The molecule has 0 amide bonds. The van der Waals surface area contributed by atoms with Gasteiger partial charge in [0.1, 0.15) is 5.82 Å². The second-order valence-corrected chi connectivity index (χ2v) is 7.08. The maximum atomic E-state index is 13.9. The summed E-state index contributed by atoms with van der Waals surface area (Å²) >= 11 is 5.04. The summed E-state index contributed by atoms with van der Waals surface area (Å²) in [7, 11) is 0. The Morgan fingerprint density at radius 1 is 1.19 bits per heavy atom. The van der Waals surface area contributed by atoms with Crippen LogP contribution >= 0.6 is 27.3 Å². The van der Waals surface area contributed by atoms with Gasteiger partial charge in [0, 0.05) is 14.0 Å². The lowest BCUT2D eigenvalue weighted by Crippen LogP contribution is -2.07. The molecule has 3 aromatic rings. The third-order valence-electron chi connectivity index (χ3n) is 3.58. The van der Waals surface area contributed by atoms with Gasteiger partial charge in [0.05, 0.1) is 11.7 Å². The van der Waals surface area contributed by atoms with Crippen LogP contribution in [0.25, 0.3) is 10.1 Å². The smallest absolute Gasteiger partial charge is 0.147 e. The SMILES string of the molecule is Cc1c(C(C)Nc2ccc(Br)cc2F)sc2ccccc12. The second-order valence-electron chi connectivity index (χ2n) is 5.08. The molecule has 0 aliphatic heterocycles. The van der Waals surface area contributed by atoms with Crippen molar-refractivity contribution < 1.29 is 4.39 Å². The normalized spacial score (nSPS) is 12.6. The molecule has 0 aliphatic carbocycles. The van der Waals surface area contributed by atoms with E-state index in [0.29, 0.717) is 5.69 Å². The van der Waals surface area contributed by atoms with Gasteiger partial charge in [-0.3, -0.25) is 0 Å². The van der Waals surface area contributed by atoms with Gasteiger partial charge in [0.2, 0.25) is 0 Å². The third kappa shape index (κ3) is 2.83. The predicted molar refractivity (Wildman–Crippen MR) is 92.7 cm³/mol. The van der Waals surface area contributed by atoms with Crippen LogP contribution in [-0.2, 0) is 0 Å². The minimum absolute atomic E-state index is 0.0677. The summed E-state index contributed by atoms with van der Waals surface area (Å²) in [6.45, 7) is 4.20. The fourth-order valence-corrected chi connectivity index (χ4v) is 4.06. The van der Waals surface area contributed by atoms with Crippen LogP contribution in [-0.4, -0.2) is 0 Å². The van der Waals surface area contributed by atoms with Gasteiger partial charge in [0.25, 0.3) is 0 Å². The van der Waals surface area contributed by atoms with Gasteiger partial charge in [-0.05, 0) is 49.1 Å². The molecule has 1 aromatic heterocycles. The van der Waals surface area contributed by atoms with Gasteiger partial charge < -0.3 is 5.32 Å². The molecule has 0 aliphatic rings. The van der Waals surface area contributed by atoms with Crippen molar-refractivity contribution in [1.82, 2.24) is 0 Å². The molecule has 0 bridgehead atoms. The number of fused-ring (bicyclic) bond motifs is 1. The molecule has 3 rings (SSSR count). The Hall–Kier alpha value is -1.39. The number of thiophene rings is 1. The van der Waals surface area contributed by atoms with Crippen molar-refractivity contribution in [3.05, 3.63) is 63.2 Å². The molecule has 0 radical (unpaired) electrons. The molecular weight excluding hydrogens is 349 g/mol. The van der Waals surface area contributed by atoms with Gasteiger partial charge in [-0.15, -0.1) is 11.3 Å². The summed E-state index contributed by atoms with van der Waals surface area (Å²) in [5.41, 5.74) is 1.80. The van der Waals surface area contributed by atoms with Crippen LogP contribution in [0.3, 0.4) is 0 Å². The first-order valence-electron chi connectivity index (χ1n) is 6.76. The van der Waals surface area contributed by atoms with E-state index < -0.39 is 0 Å². The number of rotatable bonds is 3. The van der Waals surface area contributed by atoms with Crippen molar-refractivity contribution in [2.24, 2.45) is 0 Å². The third-order valence-corrected chi connectivity index (χ3v) is 5.53. The lowest BCUT2D eigenvalue weighted by Gasteiger charge is -2.15. The highest BCUT2D eigenvalue weighted by Gasteiger charge is 2.15. The van der Waals surface area contributed by atoms with Crippen molar-refractivity contribution in [2.75, 3.05) is 5.32 Å². The van der Waals surface area contributed by atoms with Gasteiger partial charge >= 0.3 is 0 Å². The van der Waals surface area contributed by atoms with Crippen LogP contribution in [0.15, 0.2) is 46.9 Å². The largest absolute Gasteiger partial charge is 0.375 e. The highest BCUT2D eigenvalue weighted by molar-refractivity contribution is 9.10. The Kier molecular flexibility index (Phi) is 4.00. The van der Waals surface area contributed by atoms with Gasteiger partial charge in [-0.2, -0.15) is 0 Å². The van der Waals surface area contributed by atoms with E-state index in [1.807, 2.05) is 6.07 Å². The van der Waals surface area contributed by atoms with Gasteiger partial charge in [-0.25, -0.2) is 4.39 Å². The van der Waals surface area contributed by atoms with E-state index >= 15 is 0 Å². The lowest BCUT2D eigenvalue weighted by atomic mass is 10.1. The Morgan fingerprint density at radius 3 is 2.67 bits per heavy atom. The van der Waals surface area contributed by atoms with Gasteiger partial charge in [0.15, 0.2) is 0 Å². The van der Waals surface area contributed by atoms with Crippen molar-refractivity contribution in [2.45, 2.75) is 19.9 Å². The Balaban J connectivity index is 1.93. The summed E-state index contributed by atoms with van der Waals surface area (Å²) in [6, 6.07) is 13.5. The van der Waals surface area contributed by atoms with Crippen molar-refractivity contribution in [1.29, 1.82) is 0 Å². The Bertz CT molecular complexity index is 797. The minimum atomic E-state index is -0.241. The molecular formula is C17H15BrFNS. The molecule has 0 fully saturated rings. The zero-order valence-electron chi connectivity index (χ0n) is 11.8. The first-order chi connectivity index (χ1) is 10.1. The molecule has 1 nitrogen and oxygen atoms in total. The van der Waals surface area contributed by atoms with Gasteiger partial charge in [-0.1, -0.05) is 34.1 Å². The van der Waals surface area contributed by atoms with E-state index in [4.69, 9.17) is 0 Å². The molecule has 0 saturated heterocycles. The molecule has 1 unspecified atom stereocenters. The molecule has 1 atom stereocenters. The van der Waals surface area contributed by atoms with E-state index in [1.54, 1.807) is 17.4 Å². The number of benzene rings is 2. The van der Waals surface area contributed by atoms with Crippen LogP contribution < -0.4 is 5.32 Å². The maximum Gasteiger partial charge on any atom is 0.147 e. The van der Waals surface area contributed by atoms with Crippen LogP contribution in [0.4, 0.5) is 10.1 Å². The average molecular weight is 364 g/mol. The zero-order valence-corrected chi connectivity index (χ0v) is 14.2. The minimum Gasteiger partial charge on any atom is -0.375 e. The Morgan fingerprint density at radius 2 is 1.95 bits per heavy atom. The van der Waals surface area contributed by atoms with E-state index in [0.717, 1.165) is 4.47 Å².